The number of fused-ring (bicyclic) bond motifs is 2. The van der Waals surface area contributed by atoms with Crippen LogP contribution in [0.4, 0.5) is 5.69 Å². The molecule has 13 nitrogen and oxygen atoms in total. The van der Waals surface area contributed by atoms with Crippen molar-refractivity contribution in [1.29, 1.82) is 0 Å². The fourth-order valence-corrected chi connectivity index (χ4v) is 5.14. The zero-order valence-corrected chi connectivity index (χ0v) is 24.7. The van der Waals surface area contributed by atoms with Gasteiger partial charge in [-0.25, -0.2) is 4.79 Å². The van der Waals surface area contributed by atoms with Gasteiger partial charge in [-0.2, -0.15) is 0 Å². The highest BCUT2D eigenvalue weighted by Gasteiger charge is 2.24. The van der Waals surface area contributed by atoms with Gasteiger partial charge in [-0.3, -0.25) is 4.68 Å². The van der Waals surface area contributed by atoms with Gasteiger partial charge in [-0.1, -0.05) is 5.21 Å². The molecule has 0 amide bonds. The first-order chi connectivity index (χ1) is 21.9. The summed E-state index contributed by atoms with van der Waals surface area (Å²) in [5.41, 5.74) is 2.67. The number of benzene rings is 3. The molecule has 0 aliphatic heterocycles. The molecular formula is C32H29N5O8. The molecule has 0 aliphatic carbocycles. The van der Waals surface area contributed by atoms with Crippen LogP contribution in [0.15, 0.2) is 76.5 Å². The van der Waals surface area contributed by atoms with Crippen molar-refractivity contribution in [3.63, 3.8) is 0 Å². The number of nitroso groups, excluding NO2 is 1. The molecule has 0 bridgehead atoms. The molecule has 0 spiro atoms. The molecule has 0 saturated carbocycles. The molecule has 13 heteroatoms. The van der Waals surface area contributed by atoms with Crippen LogP contribution in [0.1, 0.15) is 23.0 Å². The van der Waals surface area contributed by atoms with E-state index in [2.05, 4.69) is 15.5 Å². The Labute approximate surface area is 256 Å². The number of furan rings is 1. The minimum absolute atomic E-state index is 0.0478. The highest BCUT2D eigenvalue weighted by molar-refractivity contribution is 6.09. The predicted octanol–water partition coefficient (Wildman–Crippen LogP) is 6.22. The van der Waals surface area contributed by atoms with E-state index in [1.807, 2.05) is 12.1 Å². The molecule has 230 valence electrons. The van der Waals surface area contributed by atoms with Gasteiger partial charge in [0.25, 0.3) is 0 Å². The van der Waals surface area contributed by atoms with Crippen molar-refractivity contribution >= 4 is 33.5 Å². The van der Waals surface area contributed by atoms with Crippen LogP contribution in [0.25, 0.3) is 33.2 Å². The van der Waals surface area contributed by atoms with Crippen LogP contribution in [0.2, 0.25) is 0 Å². The zero-order chi connectivity index (χ0) is 31.5. The second-order valence-electron chi connectivity index (χ2n) is 9.97. The van der Waals surface area contributed by atoms with E-state index in [0.29, 0.717) is 74.8 Å². The number of hydrogen-bond acceptors (Lipinski definition) is 11. The van der Waals surface area contributed by atoms with Crippen molar-refractivity contribution in [1.82, 2.24) is 19.6 Å². The van der Waals surface area contributed by atoms with Gasteiger partial charge in [0, 0.05) is 22.9 Å². The summed E-state index contributed by atoms with van der Waals surface area (Å²) in [6.07, 6.45) is 1.73. The first-order valence-electron chi connectivity index (χ1n) is 14.1. The van der Waals surface area contributed by atoms with Crippen molar-refractivity contribution in [2.24, 2.45) is 5.18 Å². The average Bonchev–Trinajstić information content (AvgIpc) is 3.75. The Kier molecular flexibility index (Phi) is 8.06. The number of carbonyl (C=O) groups is 1. The summed E-state index contributed by atoms with van der Waals surface area (Å²) in [4.78, 5) is 24.4. The number of nitrogens with zero attached hydrogens (tertiary/aromatic N) is 5. The molecule has 6 aromatic rings. The maximum absolute atomic E-state index is 13.0. The second kappa shape index (κ2) is 12.4. The summed E-state index contributed by atoms with van der Waals surface area (Å²) in [6.45, 7) is 2.73. The van der Waals surface area contributed by atoms with Gasteiger partial charge < -0.3 is 33.0 Å². The van der Waals surface area contributed by atoms with Crippen LogP contribution >= 0.6 is 0 Å². The summed E-state index contributed by atoms with van der Waals surface area (Å²) in [7, 11) is 3.11. The number of carbonyl (C=O) groups excluding carboxylic acids is 1. The highest BCUT2D eigenvalue weighted by atomic mass is 16.5. The number of ether oxygens (including phenoxy) is 4. The van der Waals surface area contributed by atoms with Crippen LogP contribution in [0.3, 0.4) is 0 Å². The van der Waals surface area contributed by atoms with Crippen LogP contribution in [-0.2, 0) is 24.4 Å². The molecule has 0 saturated heterocycles. The molecule has 6 rings (SSSR count). The van der Waals surface area contributed by atoms with E-state index in [1.54, 1.807) is 78.0 Å². The van der Waals surface area contributed by atoms with Crippen LogP contribution in [0.5, 0.6) is 23.1 Å². The molecule has 0 aliphatic rings. The summed E-state index contributed by atoms with van der Waals surface area (Å²) in [5.74, 6) is 1.39. The summed E-state index contributed by atoms with van der Waals surface area (Å²) in [5, 5.41) is 23.1. The Hall–Kier alpha value is -5.85. The van der Waals surface area contributed by atoms with E-state index in [4.69, 9.17) is 23.4 Å². The fraction of sp³-hybridized carbons (Fsp3) is 0.219. The molecule has 3 heterocycles. The van der Waals surface area contributed by atoms with Gasteiger partial charge in [-0.15, -0.1) is 10.0 Å². The van der Waals surface area contributed by atoms with E-state index < -0.39 is 5.97 Å². The smallest absolute Gasteiger partial charge is 0.342 e. The van der Waals surface area contributed by atoms with Crippen molar-refractivity contribution in [3.05, 3.63) is 83.0 Å². The van der Waals surface area contributed by atoms with E-state index in [-0.39, 0.29) is 24.8 Å². The van der Waals surface area contributed by atoms with Crippen molar-refractivity contribution in [2.75, 3.05) is 20.8 Å². The number of aromatic nitrogens is 4. The van der Waals surface area contributed by atoms with Gasteiger partial charge in [0.1, 0.15) is 46.5 Å². The Balaban J connectivity index is 1.19. The first-order valence-corrected chi connectivity index (χ1v) is 14.1. The molecule has 3 aromatic heterocycles. The molecular weight excluding hydrogens is 582 g/mol. The lowest BCUT2D eigenvalue weighted by Crippen LogP contribution is -2.07. The van der Waals surface area contributed by atoms with Gasteiger partial charge in [0.15, 0.2) is 5.69 Å². The zero-order valence-electron chi connectivity index (χ0n) is 24.7. The van der Waals surface area contributed by atoms with Crippen LogP contribution < -0.4 is 14.2 Å². The van der Waals surface area contributed by atoms with Gasteiger partial charge in [0.2, 0.25) is 5.88 Å². The molecule has 45 heavy (non-hydrogen) atoms. The molecule has 3 aromatic carbocycles. The lowest BCUT2D eigenvalue weighted by Gasteiger charge is -2.07. The maximum atomic E-state index is 13.0. The van der Waals surface area contributed by atoms with Gasteiger partial charge >= 0.3 is 5.97 Å². The standard InChI is InChI=1S/C32H29N5O8/c1-4-43-32(39)28-25-16-23(10-12-27(25)45-30(28)19-5-7-21(41-2)8-6-19)44-18-20-17-36(35-33-20)13-14-37-26-11-9-22(42-3)15-24(26)29(34-40)31(37)38/h5-12,15-17,38H,4,13-14,18H2,1-3H3. The second-order valence-corrected chi connectivity index (χ2v) is 9.97. The molecule has 0 unspecified atom stereocenters. The third-order valence-electron chi connectivity index (χ3n) is 7.33. The molecule has 1 N–H and O–H groups in total. The van der Waals surface area contributed by atoms with Gasteiger partial charge in [0.05, 0.1) is 39.1 Å². The highest BCUT2D eigenvalue weighted by Crippen LogP contribution is 2.40. The Bertz CT molecular complexity index is 2010. The number of methoxy groups -OCH3 is 2. The van der Waals surface area contributed by atoms with E-state index >= 15 is 0 Å². The number of esters is 1. The van der Waals surface area contributed by atoms with E-state index in [1.165, 1.54) is 7.11 Å². The lowest BCUT2D eigenvalue weighted by atomic mass is 10.1. The molecule has 0 atom stereocenters. The number of hydrogen-bond donors (Lipinski definition) is 1. The number of rotatable bonds is 12. The van der Waals surface area contributed by atoms with E-state index in [0.717, 1.165) is 0 Å². The van der Waals surface area contributed by atoms with Crippen molar-refractivity contribution in [2.45, 2.75) is 26.6 Å². The third kappa shape index (κ3) is 5.62. The summed E-state index contributed by atoms with van der Waals surface area (Å²) >= 11 is 0. The van der Waals surface area contributed by atoms with Crippen LogP contribution in [0, 0.1) is 4.91 Å². The maximum Gasteiger partial charge on any atom is 0.342 e. The van der Waals surface area contributed by atoms with Crippen molar-refractivity contribution < 1.29 is 33.3 Å². The molecule has 0 radical (unpaired) electrons. The Morgan fingerprint density at radius 1 is 0.956 bits per heavy atom. The average molecular weight is 612 g/mol. The largest absolute Gasteiger partial charge is 0.497 e. The third-order valence-corrected chi connectivity index (χ3v) is 7.33. The number of aryl methyl sites for hydroxylation is 2. The first kappa shape index (κ1) is 29.2. The quantitative estimate of drug-likeness (QED) is 0.125. The van der Waals surface area contributed by atoms with Crippen LogP contribution in [-0.4, -0.2) is 51.5 Å². The van der Waals surface area contributed by atoms with Crippen molar-refractivity contribution in [3.8, 4) is 34.5 Å². The minimum atomic E-state index is -0.501. The lowest BCUT2D eigenvalue weighted by molar-refractivity contribution is 0.0528. The monoisotopic (exact) mass is 611 g/mol. The summed E-state index contributed by atoms with van der Waals surface area (Å²) < 4.78 is 31.1. The Morgan fingerprint density at radius 3 is 2.42 bits per heavy atom. The Morgan fingerprint density at radius 2 is 1.69 bits per heavy atom. The van der Waals surface area contributed by atoms with Gasteiger partial charge in [-0.05, 0) is 72.8 Å². The van der Waals surface area contributed by atoms with E-state index in [9.17, 15) is 14.8 Å². The normalized spacial score (nSPS) is 11.2. The fourth-order valence-electron chi connectivity index (χ4n) is 5.14. The SMILES string of the molecule is CCOC(=O)c1c(-c2ccc(OC)cc2)oc2ccc(OCc3cn(CCn4c(O)c(N=O)c5cc(OC)ccc54)nn3)cc12. The summed E-state index contributed by atoms with van der Waals surface area (Å²) in [6, 6.07) is 17.6. The predicted molar refractivity (Wildman–Crippen MR) is 164 cm³/mol. The minimum Gasteiger partial charge on any atom is -0.497 e. The molecule has 0 fully saturated rings. The number of aromatic hydroxyl groups is 1. The topological polar surface area (TPSA) is 152 Å².